The van der Waals surface area contributed by atoms with Gasteiger partial charge in [0.05, 0.1) is 13.7 Å². The molecule has 3 amide bonds. The Balaban J connectivity index is 3.34. The molecule has 10 nitrogen and oxygen atoms in total. The Morgan fingerprint density at radius 1 is 1.03 bits per heavy atom. The van der Waals surface area contributed by atoms with Gasteiger partial charge >= 0.3 is 12.1 Å². The van der Waals surface area contributed by atoms with E-state index in [9.17, 15) is 24.3 Å². The van der Waals surface area contributed by atoms with Crippen molar-refractivity contribution in [3.63, 3.8) is 0 Å². The molecule has 0 radical (unpaired) electrons. The number of nitrogens with zero attached hydrogens (tertiary/aromatic N) is 1. The number of esters is 1. The molecule has 0 fully saturated rings. The second-order valence-electron chi connectivity index (χ2n) is 9.93. The largest absolute Gasteiger partial charge is 0.468 e. The molecule has 3 N–H and O–H groups in total. The summed E-state index contributed by atoms with van der Waals surface area (Å²) in [6, 6.07) is 4.70. The smallest absolute Gasteiger partial charge is 0.408 e. The molecule has 0 spiro atoms. The number of carbonyl (C=O) groups excluding carboxylic acids is 4. The summed E-state index contributed by atoms with van der Waals surface area (Å²) in [6.45, 7) is 8.21. The number of alkyl carbamates (subject to hydrolysis) is 1. The van der Waals surface area contributed by atoms with E-state index in [0.29, 0.717) is 12.0 Å². The minimum absolute atomic E-state index is 0.208. The van der Waals surface area contributed by atoms with Gasteiger partial charge in [0.1, 0.15) is 24.2 Å². The average molecular weight is 522 g/mol. The van der Waals surface area contributed by atoms with Crippen LogP contribution in [0.15, 0.2) is 24.3 Å². The molecular formula is C27H43N3O7. The Kier molecular flexibility index (Phi) is 13.7. The summed E-state index contributed by atoms with van der Waals surface area (Å²) < 4.78 is 9.87. The maximum absolute atomic E-state index is 13.7. The van der Waals surface area contributed by atoms with E-state index in [2.05, 4.69) is 22.3 Å². The SMILES string of the molecule is CCCCCCCN(C(=O)C(CO)NC(=O)OC(C)(C)C)C(C(=O)NCC(=O)OC)c1ccc(C)cc1. The van der Waals surface area contributed by atoms with Gasteiger partial charge in [-0.2, -0.15) is 0 Å². The van der Waals surface area contributed by atoms with Crippen molar-refractivity contribution in [1.29, 1.82) is 0 Å². The highest BCUT2D eigenvalue weighted by atomic mass is 16.6. The predicted molar refractivity (Wildman–Crippen MR) is 140 cm³/mol. The topological polar surface area (TPSA) is 134 Å². The second-order valence-corrected chi connectivity index (χ2v) is 9.93. The molecule has 0 aliphatic carbocycles. The number of unbranched alkanes of at least 4 members (excludes halogenated alkanes) is 4. The van der Waals surface area contributed by atoms with Crippen LogP contribution >= 0.6 is 0 Å². The van der Waals surface area contributed by atoms with Gasteiger partial charge in [0, 0.05) is 6.54 Å². The van der Waals surface area contributed by atoms with Crippen molar-refractivity contribution in [3.05, 3.63) is 35.4 Å². The van der Waals surface area contributed by atoms with E-state index in [1.807, 2.05) is 19.1 Å². The molecule has 0 aromatic heterocycles. The van der Waals surface area contributed by atoms with Crippen molar-refractivity contribution in [2.75, 3.05) is 26.8 Å². The molecule has 208 valence electrons. The van der Waals surface area contributed by atoms with Gasteiger partial charge < -0.3 is 30.1 Å². The first-order chi connectivity index (χ1) is 17.4. The Labute approximate surface area is 220 Å². The molecule has 0 aliphatic rings. The lowest BCUT2D eigenvalue weighted by atomic mass is 10.0. The zero-order chi connectivity index (χ0) is 28.0. The van der Waals surface area contributed by atoms with E-state index in [0.717, 1.165) is 31.2 Å². The molecule has 0 saturated heterocycles. The first-order valence-electron chi connectivity index (χ1n) is 12.7. The van der Waals surface area contributed by atoms with Crippen LogP contribution in [0.3, 0.4) is 0 Å². The van der Waals surface area contributed by atoms with E-state index < -0.39 is 48.2 Å². The fourth-order valence-electron chi connectivity index (χ4n) is 3.64. The molecule has 0 heterocycles. The highest BCUT2D eigenvalue weighted by Crippen LogP contribution is 2.24. The minimum Gasteiger partial charge on any atom is -0.468 e. The minimum atomic E-state index is -1.33. The van der Waals surface area contributed by atoms with E-state index in [4.69, 9.17) is 4.74 Å². The summed E-state index contributed by atoms with van der Waals surface area (Å²) in [4.78, 5) is 52.4. The molecule has 0 saturated carbocycles. The lowest BCUT2D eigenvalue weighted by Gasteiger charge is -2.34. The van der Waals surface area contributed by atoms with E-state index in [-0.39, 0.29) is 13.1 Å². The van der Waals surface area contributed by atoms with Crippen LogP contribution in [-0.2, 0) is 23.9 Å². The Morgan fingerprint density at radius 3 is 2.19 bits per heavy atom. The maximum Gasteiger partial charge on any atom is 0.408 e. The van der Waals surface area contributed by atoms with Crippen LogP contribution < -0.4 is 10.6 Å². The number of benzene rings is 1. The number of aryl methyl sites for hydroxylation is 1. The third-order valence-corrected chi connectivity index (χ3v) is 5.55. The van der Waals surface area contributed by atoms with E-state index >= 15 is 0 Å². The van der Waals surface area contributed by atoms with Crippen molar-refractivity contribution < 1.29 is 33.8 Å². The summed E-state index contributed by atoms with van der Waals surface area (Å²) in [7, 11) is 1.21. The van der Waals surface area contributed by atoms with Gasteiger partial charge in [-0.05, 0) is 39.7 Å². The van der Waals surface area contributed by atoms with E-state index in [1.165, 1.54) is 12.0 Å². The zero-order valence-electron chi connectivity index (χ0n) is 23.0. The summed E-state index contributed by atoms with van der Waals surface area (Å²) >= 11 is 0. The number of methoxy groups -OCH3 is 1. The Hall–Kier alpha value is -3.14. The summed E-state index contributed by atoms with van der Waals surface area (Å²) in [5.41, 5.74) is 0.697. The van der Waals surface area contributed by atoms with Crippen LogP contribution in [0.1, 0.15) is 77.0 Å². The van der Waals surface area contributed by atoms with Gasteiger partial charge in [-0.1, -0.05) is 62.4 Å². The number of hydrogen-bond donors (Lipinski definition) is 3. The van der Waals surface area contributed by atoms with Crippen LogP contribution in [0.25, 0.3) is 0 Å². The molecule has 1 aromatic carbocycles. The number of ether oxygens (including phenoxy) is 2. The molecule has 10 heteroatoms. The predicted octanol–water partition coefficient (Wildman–Crippen LogP) is 3.01. The van der Waals surface area contributed by atoms with Crippen molar-refractivity contribution in [3.8, 4) is 0 Å². The molecule has 37 heavy (non-hydrogen) atoms. The quantitative estimate of drug-likeness (QED) is 0.253. The molecule has 1 aromatic rings. The van der Waals surface area contributed by atoms with Crippen LogP contribution in [0.2, 0.25) is 0 Å². The van der Waals surface area contributed by atoms with Crippen LogP contribution in [0.4, 0.5) is 4.79 Å². The molecule has 0 aliphatic heterocycles. The zero-order valence-corrected chi connectivity index (χ0v) is 23.0. The lowest BCUT2D eigenvalue weighted by molar-refractivity contribution is -0.145. The average Bonchev–Trinajstić information content (AvgIpc) is 2.84. The van der Waals surface area contributed by atoms with Crippen molar-refractivity contribution in [1.82, 2.24) is 15.5 Å². The van der Waals surface area contributed by atoms with Crippen molar-refractivity contribution >= 4 is 23.9 Å². The summed E-state index contributed by atoms with van der Waals surface area (Å²) in [5.74, 6) is -1.85. The van der Waals surface area contributed by atoms with E-state index in [1.54, 1.807) is 32.9 Å². The first-order valence-corrected chi connectivity index (χ1v) is 12.7. The summed E-state index contributed by atoms with van der Waals surface area (Å²) in [5, 5.41) is 14.9. The molecule has 2 atom stereocenters. The highest BCUT2D eigenvalue weighted by molar-refractivity contribution is 5.93. The normalized spacial score (nSPS) is 12.7. The fourth-order valence-corrected chi connectivity index (χ4v) is 3.64. The molecule has 2 unspecified atom stereocenters. The van der Waals surface area contributed by atoms with Crippen molar-refractivity contribution in [2.24, 2.45) is 0 Å². The van der Waals surface area contributed by atoms with Gasteiger partial charge in [-0.15, -0.1) is 0 Å². The van der Waals surface area contributed by atoms with Gasteiger partial charge in [-0.3, -0.25) is 14.4 Å². The van der Waals surface area contributed by atoms with Gasteiger partial charge in [0.2, 0.25) is 11.8 Å². The van der Waals surface area contributed by atoms with Gasteiger partial charge in [0.25, 0.3) is 0 Å². The van der Waals surface area contributed by atoms with Gasteiger partial charge in [-0.25, -0.2) is 4.79 Å². The van der Waals surface area contributed by atoms with Crippen LogP contribution in [0, 0.1) is 6.92 Å². The molecule has 1 rings (SSSR count). The molecular weight excluding hydrogens is 478 g/mol. The Bertz CT molecular complexity index is 881. The Morgan fingerprint density at radius 2 is 1.65 bits per heavy atom. The number of amides is 3. The number of aliphatic hydroxyl groups is 1. The highest BCUT2D eigenvalue weighted by Gasteiger charge is 2.36. The molecule has 0 bridgehead atoms. The van der Waals surface area contributed by atoms with Crippen LogP contribution in [-0.4, -0.2) is 72.3 Å². The summed E-state index contributed by atoms with van der Waals surface area (Å²) in [6.07, 6.45) is 3.67. The number of aliphatic hydroxyl groups excluding tert-OH is 1. The number of rotatable bonds is 14. The number of hydrogen-bond acceptors (Lipinski definition) is 7. The third kappa shape index (κ3) is 11.6. The number of carbonyl (C=O) groups is 4. The van der Waals surface area contributed by atoms with Gasteiger partial charge in [0.15, 0.2) is 0 Å². The number of nitrogens with one attached hydrogen (secondary N) is 2. The maximum atomic E-state index is 13.7. The lowest BCUT2D eigenvalue weighted by Crippen LogP contribution is -2.54. The fraction of sp³-hybridized carbons (Fsp3) is 0.630. The standard InChI is InChI=1S/C27H43N3O7/c1-7-8-9-10-11-16-30(25(34)21(18-31)29-26(35)37-27(3,4)5)23(20-14-12-19(2)13-15-20)24(33)28-17-22(32)36-6/h12-15,21,23,31H,7-11,16-18H2,1-6H3,(H,28,33)(H,29,35). The monoisotopic (exact) mass is 521 g/mol. The third-order valence-electron chi connectivity index (χ3n) is 5.55. The van der Waals surface area contributed by atoms with Crippen LogP contribution in [0.5, 0.6) is 0 Å². The second kappa shape index (κ2) is 15.9. The van der Waals surface area contributed by atoms with Crippen molar-refractivity contribution in [2.45, 2.75) is 84.4 Å². The first kappa shape index (κ1) is 31.9.